The fraction of sp³-hybridized carbons (Fsp3) is 0.467. The van der Waals surface area contributed by atoms with E-state index in [1.54, 1.807) is 0 Å². The molecule has 5 nitrogen and oxygen atoms in total. The van der Waals surface area contributed by atoms with E-state index in [1.165, 1.54) is 17.0 Å². The maximum atomic E-state index is 12.6. The van der Waals surface area contributed by atoms with Crippen LogP contribution in [-0.2, 0) is 0 Å². The summed E-state index contributed by atoms with van der Waals surface area (Å²) in [5, 5.41) is 10.1. The Morgan fingerprint density at radius 2 is 2.00 bits per heavy atom. The summed E-state index contributed by atoms with van der Waals surface area (Å²) in [5.41, 5.74) is -0.195. The lowest BCUT2D eigenvalue weighted by molar-refractivity contribution is -0.274. The molecule has 0 aliphatic heterocycles. The number of aliphatic hydroxyl groups excluding tert-OH is 1. The largest absolute Gasteiger partial charge is 0.573 e. The number of hydrogen-bond donors (Lipinski definition) is 1. The van der Waals surface area contributed by atoms with Gasteiger partial charge in [0.2, 0.25) is 0 Å². The van der Waals surface area contributed by atoms with Gasteiger partial charge in [0.15, 0.2) is 0 Å². The number of aliphatic hydroxyl groups is 1. The third-order valence-corrected chi connectivity index (χ3v) is 4.04. The Bertz CT molecular complexity index is 773. The Kier molecular flexibility index (Phi) is 4.01. The van der Waals surface area contributed by atoms with Crippen molar-refractivity contribution in [2.45, 2.75) is 44.2 Å². The zero-order valence-electron chi connectivity index (χ0n) is 12.1. The molecule has 2 atom stereocenters. The molecule has 0 saturated heterocycles. The average molecular weight is 328 g/mol. The quantitative estimate of drug-likeness (QED) is 0.921. The van der Waals surface area contributed by atoms with E-state index in [1.807, 2.05) is 0 Å². The van der Waals surface area contributed by atoms with Crippen LogP contribution in [-0.4, -0.2) is 27.1 Å². The van der Waals surface area contributed by atoms with Gasteiger partial charge in [0.25, 0.3) is 5.56 Å². The minimum atomic E-state index is -4.82. The number of nitrogens with zero attached hydrogens (tertiary/aromatic N) is 2. The first-order chi connectivity index (χ1) is 10.8. The molecule has 1 aliphatic rings. The molecule has 8 heteroatoms. The minimum absolute atomic E-state index is 0.0343. The van der Waals surface area contributed by atoms with E-state index in [2.05, 4.69) is 9.72 Å². The van der Waals surface area contributed by atoms with Crippen LogP contribution < -0.4 is 10.3 Å². The minimum Gasteiger partial charge on any atom is -0.406 e. The van der Waals surface area contributed by atoms with E-state index >= 15 is 0 Å². The third kappa shape index (κ3) is 3.31. The van der Waals surface area contributed by atoms with Crippen LogP contribution in [0.5, 0.6) is 5.75 Å². The van der Waals surface area contributed by atoms with Gasteiger partial charge in [-0.05, 0) is 31.0 Å². The summed E-state index contributed by atoms with van der Waals surface area (Å²) in [4.78, 5) is 16.7. The number of benzene rings is 1. The second kappa shape index (κ2) is 5.84. The van der Waals surface area contributed by atoms with Crippen molar-refractivity contribution in [2.75, 3.05) is 0 Å². The fourth-order valence-electron chi connectivity index (χ4n) is 2.96. The van der Waals surface area contributed by atoms with Gasteiger partial charge in [-0.3, -0.25) is 9.36 Å². The maximum absolute atomic E-state index is 12.6. The molecular formula is C15H15F3N2O3. The molecule has 0 spiro atoms. The second-order valence-corrected chi connectivity index (χ2v) is 5.60. The summed E-state index contributed by atoms with van der Waals surface area (Å²) in [5.74, 6) is -0.467. The van der Waals surface area contributed by atoms with E-state index in [-0.39, 0.29) is 10.9 Å². The Hall–Kier alpha value is -2.09. The summed E-state index contributed by atoms with van der Waals surface area (Å²) in [6, 6.07) is 3.05. The van der Waals surface area contributed by atoms with E-state index in [0.29, 0.717) is 12.8 Å². The van der Waals surface area contributed by atoms with Crippen molar-refractivity contribution in [3.63, 3.8) is 0 Å². The van der Waals surface area contributed by atoms with E-state index < -0.39 is 29.8 Å². The van der Waals surface area contributed by atoms with Crippen LogP contribution >= 0.6 is 0 Å². The molecule has 2 aromatic rings. The van der Waals surface area contributed by atoms with E-state index in [9.17, 15) is 23.1 Å². The van der Waals surface area contributed by atoms with Crippen LogP contribution in [0.15, 0.2) is 29.3 Å². The molecule has 1 fully saturated rings. The smallest absolute Gasteiger partial charge is 0.406 e. The highest BCUT2D eigenvalue weighted by atomic mass is 19.4. The molecule has 0 unspecified atom stereocenters. The Balaban J connectivity index is 2.04. The van der Waals surface area contributed by atoms with E-state index in [4.69, 9.17) is 0 Å². The molecule has 0 radical (unpaired) electrons. The lowest BCUT2D eigenvalue weighted by Crippen LogP contribution is -2.34. The fourth-order valence-corrected chi connectivity index (χ4v) is 2.96. The molecule has 1 heterocycles. The van der Waals surface area contributed by atoms with Gasteiger partial charge in [-0.15, -0.1) is 13.2 Å². The highest BCUT2D eigenvalue weighted by molar-refractivity contribution is 5.78. The van der Waals surface area contributed by atoms with Crippen molar-refractivity contribution in [2.24, 2.45) is 0 Å². The molecule has 1 aliphatic carbocycles. The van der Waals surface area contributed by atoms with Crippen LogP contribution in [0.25, 0.3) is 10.9 Å². The van der Waals surface area contributed by atoms with Gasteiger partial charge < -0.3 is 9.84 Å². The predicted octanol–water partition coefficient (Wildman–Crippen LogP) is 2.77. The van der Waals surface area contributed by atoms with Crippen LogP contribution in [0.3, 0.4) is 0 Å². The average Bonchev–Trinajstić information content (AvgIpc) is 2.48. The Morgan fingerprint density at radius 3 is 2.70 bits per heavy atom. The van der Waals surface area contributed by atoms with Crippen LogP contribution in [0.1, 0.15) is 31.7 Å². The number of ether oxygens (including phenoxy) is 1. The summed E-state index contributed by atoms with van der Waals surface area (Å²) < 4.78 is 42.1. The van der Waals surface area contributed by atoms with Crippen molar-refractivity contribution in [1.82, 2.24) is 9.55 Å². The number of fused-ring (bicyclic) bond motifs is 1. The Labute approximate surface area is 129 Å². The van der Waals surface area contributed by atoms with Gasteiger partial charge >= 0.3 is 6.36 Å². The topological polar surface area (TPSA) is 64.3 Å². The van der Waals surface area contributed by atoms with Crippen molar-refractivity contribution < 1.29 is 23.0 Å². The van der Waals surface area contributed by atoms with E-state index in [0.717, 1.165) is 25.0 Å². The second-order valence-electron chi connectivity index (χ2n) is 5.60. The van der Waals surface area contributed by atoms with Gasteiger partial charge in [-0.2, -0.15) is 0 Å². The van der Waals surface area contributed by atoms with Gasteiger partial charge in [0.05, 0.1) is 29.4 Å². The summed E-state index contributed by atoms with van der Waals surface area (Å²) in [6.45, 7) is 0. The number of aromatic nitrogens is 2. The lowest BCUT2D eigenvalue weighted by Gasteiger charge is -2.29. The van der Waals surface area contributed by atoms with Gasteiger partial charge in [0, 0.05) is 0 Å². The molecule has 1 saturated carbocycles. The first kappa shape index (κ1) is 15.8. The zero-order valence-corrected chi connectivity index (χ0v) is 12.1. The van der Waals surface area contributed by atoms with Gasteiger partial charge in [-0.1, -0.05) is 12.8 Å². The van der Waals surface area contributed by atoms with Crippen LogP contribution in [0.2, 0.25) is 0 Å². The predicted molar refractivity (Wildman–Crippen MR) is 76.2 cm³/mol. The van der Waals surface area contributed by atoms with Gasteiger partial charge in [-0.25, -0.2) is 4.98 Å². The van der Waals surface area contributed by atoms with Gasteiger partial charge in [0.1, 0.15) is 5.75 Å². The lowest BCUT2D eigenvalue weighted by atomic mass is 9.92. The Morgan fingerprint density at radius 1 is 1.26 bits per heavy atom. The monoisotopic (exact) mass is 328 g/mol. The highest BCUT2D eigenvalue weighted by Crippen LogP contribution is 2.28. The van der Waals surface area contributed by atoms with Crippen molar-refractivity contribution in [3.05, 3.63) is 34.9 Å². The molecular weight excluding hydrogens is 313 g/mol. The summed E-state index contributed by atoms with van der Waals surface area (Å²) >= 11 is 0. The standard InChI is InChI=1S/C15H15F3N2O3/c16-15(17,18)23-9-5-6-11-10(7-9)14(22)20(8-19-11)12-3-1-2-4-13(12)21/h5-8,12-13,21H,1-4H2/t12-,13-/m0/s1. The normalized spacial score (nSPS) is 22.3. The molecule has 1 aromatic heterocycles. The molecule has 1 N–H and O–H groups in total. The van der Waals surface area contributed by atoms with Crippen LogP contribution in [0, 0.1) is 0 Å². The first-order valence-electron chi connectivity index (χ1n) is 7.30. The molecule has 1 aromatic carbocycles. The van der Waals surface area contributed by atoms with Crippen LogP contribution in [0.4, 0.5) is 13.2 Å². The summed E-state index contributed by atoms with van der Waals surface area (Å²) in [6.07, 6.45) is -1.15. The highest BCUT2D eigenvalue weighted by Gasteiger charge is 2.31. The molecule has 0 bridgehead atoms. The van der Waals surface area contributed by atoms with Crippen molar-refractivity contribution in [1.29, 1.82) is 0 Å². The number of halogens is 3. The van der Waals surface area contributed by atoms with Crippen molar-refractivity contribution in [3.8, 4) is 5.75 Å². The molecule has 3 rings (SSSR count). The third-order valence-electron chi connectivity index (χ3n) is 4.04. The first-order valence-corrected chi connectivity index (χ1v) is 7.30. The number of hydrogen-bond acceptors (Lipinski definition) is 4. The maximum Gasteiger partial charge on any atom is 0.573 e. The number of alkyl halides is 3. The summed E-state index contributed by atoms with van der Waals surface area (Å²) in [7, 11) is 0. The molecule has 124 valence electrons. The molecule has 0 amide bonds. The SMILES string of the molecule is O=c1c2cc(OC(F)(F)F)ccc2ncn1[C@H]1CCCC[C@@H]1O. The molecule has 23 heavy (non-hydrogen) atoms. The van der Waals surface area contributed by atoms with Crippen molar-refractivity contribution >= 4 is 10.9 Å². The number of rotatable bonds is 2. The zero-order chi connectivity index (χ0) is 16.6.